The number of pyridine rings is 1. The summed E-state index contributed by atoms with van der Waals surface area (Å²) in [6.45, 7) is 3.89. The van der Waals surface area contributed by atoms with Crippen molar-refractivity contribution in [3.8, 4) is 11.1 Å². The number of nitrogens with one attached hydrogen (secondary N) is 3. The fourth-order valence-electron chi connectivity index (χ4n) is 4.68. The number of primary amides is 1. The van der Waals surface area contributed by atoms with E-state index >= 15 is 0 Å². The topological polar surface area (TPSA) is 116 Å². The molecule has 3 heterocycles. The second kappa shape index (κ2) is 14.3. The van der Waals surface area contributed by atoms with E-state index in [1.807, 2.05) is 42.5 Å². The molecule has 4 aromatic rings. The Bertz CT molecular complexity index is 1450. The van der Waals surface area contributed by atoms with Gasteiger partial charge in [-0.25, -0.2) is 9.37 Å². The summed E-state index contributed by atoms with van der Waals surface area (Å²) in [5.74, 6) is -0.346. The molecule has 1 saturated heterocycles. The predicted octanol–water partition coefficient (Wildman–Crippen LogP) is 6.20. The van der Waals surface area contributed by atoms with E-state index in [2.05, 4.69) is 25.5 Å². The minimum Gasteiger partial charge on any atom is -0.371 e. The van der Waals surface area contributed by atoms with Crippen molar-refractivity contribution in [2.24, 2.45) is 5.73 Å². The Morgan fingerprint density at radius 3 is 2.46 bits per heavy atom. The molecule has 2 amide bonds. The van der Waals surface area contributed by atoms with Crippen molar-refractivity contribution in [3.05, 3.63) is 95.0 Å². The largest absolute Gasteiger partial charge is 0.371 e. The second-order valence-electron chi connectivity index (χ2n) is 9.72. The van der Waals surface area contributed by atoms with Gasteiger partial charge < -0.3 is 26.3 Å². The summed E-state index contributed by atoms with van der Waals surface area (Å²) in [6, 6.07) is 18.2. The number of carbonyl (C=O) groups excluding carboxylic acids is 2. The number of piperidine rings is 1. The molecule has 2 aromatic carbocycles. The molecule has 0 atom stereocenters. The van der Waals surface area contributed by atoms with Crippen LogP contribution in [0.1, 0.15) is 41.6 Å². The number of nitrogens with two attached hydrogens (primary N) is 1. The Kier molecular flexibility index (Phi) is 10.3. The van der Waals surface area contributed by atoms with Crippen LogP contribution in [0.5, 0.6) is 0 Å². The molecule has 0 aliphatic carbocycles. The molecule has 5 N–H and O–H groups in total. The molecule has 10 heteroatoms. The molecule has 8 nitrogen and oxygen atoms in total. The van der Waals surface area contributed by atoms with E-state index in [1.165, 1.54) is 18.7 Å². The van der Waals surface area contributed by atoms with Gasteiger partial charge in [-0.2, -0.15) is 0 Å². The molecule has 1 aliphatic rings. The van der Waals surface area contributed by atoms with Crippen LogP contribution in [-0.4, -0.2) is 41.4 Å². The van der Waals surface area contributed by atoms with Crippen LogP contribution in [-0.2, 0) is 4.79 Å². The number of amides is 2. The van der Waals surface area contributed by atoms with Crippen LogP contribution in [0, 0.1) is 12.7 Å². The van der Waals surface area contributed by atoms with E-state index in [-0.39, 0.29) is 18.5 Å². The summed E-state index contributed by atoms with van der Waals surface area (Å²) in [6.07, 6.45) is 6.84. The Morgan fingerprint density at radius 2 is 1.80 bits per heavy atom. The zero-order valence-electron chi connectivity index (χ0n) is 22.9. The molecule has 41 heavy (non-hydrogen) atoms. The Hall–Kier alpha value is -4.37. The summed E-state index contributed by atoms with van der Waals surface area (Å²) >= 11 is 5.54. The van der Waals surface area contributed by atoms with Gasteiger partial charge in [-0.3, -0.25) is 9.59 Å². The Balaban J connectivity index is 0.000000483. The number of aromatic amines is 1. The fraction of sp³-hybridized carbons (Fsp3) is 0.258. The van der Waals surface area contributed by atoms with Gasteiger partial charge in [0.2, 0.25) is 5.91 Å². The molecule has 5 rings (SSSR count). The average molecular weight is 577 g/mol. The van der Waals surface area contributed by atoms with Crippen LogP contribution in [0.2, 0.25) is 5.02 Å². The highest BCUT2D eigenvalue weighted by molar-refractivity contribution is 6.30. The number of nitrogens with zero attached hydrogens (tertiary/aromatic N) is 2. The number of H-pyrrole nitrogens is 1. The Morgan fingerprint density at radius 1 is 1.05 bits per heavy atom. The molecular weight excluding hydrogens is 543 g/mol. The molecule has 0 unspecified atom stereocenters. The van der Waals surface area contributed by atoms with Crippen molar-refractivity contribution >= 4 is 40.7 Å². The highest BCUT2D eigenvalue weighted by Gasteiger charge is 2.23. The number of hydrogen-bond donors (Lipinski definition) is 4. The van der Waals surface area contributed by atoms with E-state index in [9.17, 15) is 14.0 Å². The maximum atomic E-state index is 15.0. The predicted molar refractivity (Wildman–Crippen MR) is 162 cm³/mol. The minimum absolute atomic E-state index is 0.0164. The third-order valence-electron chi connectivity index (χ3n) is 6.70. The van der Waals surface area contributed by atoms with E-state index in [0.29, 0.717) is 28.3 Å². The SMILES string of the molecule is Cc1cccc(F)c1-c1c(C(=O)NCCC(N)=O)c[nH]c1Nc1cc(N2CCCCC2)ccn1.Clc1ccccc1. The number of rotatable bonds is 8. The monoisotopic (exact) mass is 576 g/mol. The van der Waals surface area contributed by atoms with Gasteiger partial charge in [0.15, 0.2) is 0 Å². The molecule has 1 aliphatic heterocycles. The van der Waals surface area contributed by atoms with E-state index < -0.39 is 17.6 Å². The summed E-state index contributed by atoms with van der Waals surface area (Å²) in [4.78, 5) is 33.8. The number of aromatic nitrogens is 2. The minimum atomic E-state index is -0.512. The second-order valence-corrected chi connectivity index (χ2v) is 10.2. The van der Waals surface area contributed by atoms with Gasteiger partial charge in [-0.15, -0.1) is 0 Å². The highest BCUT2D eigenvalue weighted by Crippen LogP contribution is 2.37. The normalized spacial score (nSPS) is 12.7. The van der Waals surface area contributed by atoms with Gasteiger partial charge >= 0.3 is 0 Å². The quantitative estimate of drug-likeness (QED) is 0.199. The maximum Gasteiger partial charge on any atom is 0.253 e. The van der Waals surface area contributed by atoms with Crippen molar-refractivity contribution in [2.75, 3.05) is 29.9 Å². The van der Waals surface area contributed by atoms with Gasteiger partial charge in [-0.05, 0) is 56.0 Å². The number of benzene rings is 2. The molecule has 214 valence electrons. The molecule has 1 fully saturated rings. The first-order valence-electron chi connectivity index (χ1n) is 13.6. The lowest BCUT2D eigenvalue weighted by molar-refractivity contribution is -0.117. The summed E-state index contributed by atoms with van der Waals surface area (Å²) < 4.78 is 15.0. The number of carbonyl (C=O) groups is 2. The number of halogens is 2. The lowest BCUT2D eigenvalue weighted by Gasteiger charge is -2.28. The van der Waals surface area contributed by atoms with Gasteiger partial charge in [0, 0.05) is 66.4 Å². The van der Waals surface area contributed by atoms with Crippen molar-refractivity contribution < 1.29 is 14.0 Å². The van der Waals surface area contributed by atoms with Crippen molar-refractivity contribution in [1.82, 2.24) is 15.3 Å². The summed E-state index contributed by atoms with van der Waals surface area (Å²) in [5.41, 5.74) is 7.89. The standard InChI is InChI=1S/C25H29FN6O2.C6H5Cl/c1-16-6-5-7-19(26)22(16)23-18(25(34)29-11-9-20(27)33)15-30-24(23)31-21-14-17(8-10-28-21)32-12-3-2-4-13-32;7-6-4-2-1-3-5-6/h5-8,10,14-15,30H,2-4,9,11-13H2,1H3,(H2,27,33)(H,28,31)(H,29,34);1-5H. The van der Waals surface area contributed by atoms with Gasteiger partial charge in [-0.1, -0.05) is 41.9 Å². The fourth-order valence-corrected chi connectivity index (χ4v) is 4.83. The van der Waals surface area contributed by atoms with E-state index in [1.54, 1.807) is 25.3 Å². The first-order valence-corrected chi connectivity index (χ1v) is 13.9. The van der Waals surface area contributed by atoms with Crippen LogP contribution in [0.3, 0.4) is 0 Å². The average Bonchev–Trinajstić information content (AvgIpc) is 3.37. The third kappa shape index (κ3) is 8.08. The van der Waals surface area contributed by atoms with Crippen LogP contribution in [0.4, 0.5) is 21.7 Å². The zero-order chi connectivity index (χ0) is 29.2. The molecule has 0 radical (unpaired) electrons. The van der Waals surface area contributed by atoms with Crippen molar-refractivity contribution in [3.63, 3.8) is 0 Å². The molecule has 2 aromatic heterocycles. The number of aryl methyl sites for hydroxylation is 1. The molecule has 0 saturated carbocycles. The van der Waals surface area contributed by atoms with Gasteiger partial charge in [0.05, 0.1) is 5.56 Å². The third-order valence-corrected chi connectivity index (χ3v) is 6.96. The lowest BCUT2D eigenvalue weighted by atomic mass is 9.97. The molecule has 0 bridgehead atoms. The number of anilines is 3. The zero-order valence-corrected chi connectivity index (χ0v) is 23.7. The smallest absolute Gasteiger partial charge is 0.253 e. The van der Waals surface area contributed by atoms with E-state index in [4.69, 9.17) is 17.3 Å². The summed E-state index contributed by atoms with van der Waals surface area (Å²) in [5, 5.41) is 6.71. The lowest BCUT2D eigenvalue weighted by Crippen LogP contribution is -2.29. The van der Waals surface area contributed by atoms with Crippen LogP contribution < -0.4 is 21.3 Å². The first kappa shape index (κ1) is 29.6. The van der Waals surface area contributed by atoms with E-state index in [0.717, 1.165) is 36.6 Å². The maximum absolute atomic E-state index is 15.0. The van der Waals surface area contributed by atoms with Crippen molar-refractivity contribution in [1.29, 1.82) is 0 Å². The molecular formula is C31H34ClFN6O2. The van der Waals surface area contributed by atoms with Crippen molar-refractivity contribution in [2.45, 2.75) is 32.6 Å². The first-order chi connectivity index (χ1) is 19.8. The Labute approximate surface area is 244 Å². The van der Waals surface area contributed by atoms with Crippen LogP contribution in [0.25, 0.3) is 11.1 Å². The molecule has 0 spiro atoms. The van der Waals surface area contributed by atoms with Gasteiger partial charge in [0.1, 0.15) is 17.5 Å². The highest BCUT2D eigenvalue weighted by atomic mass is 35.5. The van der Waals surface area contributed by atoms with Gasteiger partial charge in [0.25, 0.3) is 5.91 Å². The number of hydrogen-bond acceptors (Lipinski definition) is 5. The summed E-state index contributed by atoms with van der Waals surface area (Å²) in [7, 11) is 0. The van der Waals surface area contributed by atoms with Crippen LogP contribution >= 0.6 is 11.6 Å². The van der Waals surface area contributed by atoms with Crippen LogP contribution in [0.15, 0.2) is 73.1 Å².